The average molecular weight is 355 g/mol. The summed E-state index contributed by atoms with van der Waals surface area (Å²) in [6.07, 6.45) is 6.62. The van der Waals surface area contributed by atoms with Crippen molar-refractivity contribution in [2.24, 2.45) is 29.6 Å². The zero-order valence-corrected chi connectivity index (χ0v) is 13.9. The molecule has 0 radical (unpaired) electrons. The smallest absolute Gasteiger partial charge is 0.128 e. The predicted molar refractivity (Wildman–Crippen MR) is 83.3 cm³/mol. The summed E-state index contributed by atoms with van der Waals surface area (Å²) in [4.78, 5) is -0.0393. The lowest BCUT2D eigenvalue weighted by molar-refractivity contribution is -0.0367. The van der Waals surface area contributed by atoms with Gasteiger partial charge in [-0.2, -0.15) is 0 Å². The van der Waals surface area contributed by atoms with Gasteiger partial charge in [-0.1, -0.05) is 15.9 Å². The van der Waals surface area contributed by atoms with Gasteiger partial charge in [-0.05, 0) is 86.3 Å². The molecule has 0 amide bonds. The molecule has 1 atom stereocenters. The molecule has 4 bridgehead atoms. The molecule has 3 heteroatoms. The van der Waals surface area contributed by atoms with Crippen molar-refractivity contribution in [3.05, 3.63) is 34.9 Å². The normalized spacial score (nSPS) is 38.8. The minimum atomic E-state index is -0.292. The van der Waals surface area contributed by atoms with Crippen molar-refractivity contribution in [2.45, 2.75) is 43.9 Å². The molecular formula is C18H21BrF2. The van der Waals surface area contributed by atoms with Crippen LogP contribution in [0.3, 0.4) is 0 Å². The highest BCUT2D eigenvalue weighted by Gasteiger charge is 2.50. The molecule has 5 rings (SSSR count). The van der Waals surface area contributed by atoms with Crippen LogP contribution in [0, 0.1) is 48.1 Å². The molecule has 0 aliphatic heterocycles. The Bertz CT molecular complexity index is 541. The number of hydrogen-bond donors (Lipinski definition) is 0. The molecule has 114 valence electrons. The van der Waals surface area contributed by atoms with E-state index in [4.69, 9.17) is 0 Å². The minimum absolute atomic E-state index is 0.0393. The van der Waals surface area contributed by atoms with Crippen LogP contribution in [0.25, 0.3) is 0 Å². The molecule has 4 saturated carbocycles. The van der Waals surface area contributed by atoms with Gasteiger partial charge < -0.3 is 0 Å². The van der Waals surface area contributed by atoms with Crippen molar-refractivity contribution in [1.82, 2.24) is 0 Å². The van der Waals surface area contributed by atoms with Crippen LogP contribution in [0.5, 0.6) is 0 Å². The number of hydrogen-bond acceptors (Lipinski definition) is 0. The Balaban J connectivity index is 1.66. The van der Waals surface area contributed by atoms with Crippen molar-refractivity contribution < 1.29 is 8.78 Å². The molecule has 4 aliphatic carbocycles. The Morgan fingerprint density at radius 1 is 0.952 bits per heavy atom. The number of rotatable bonds is 2. The molecule has 0 N–H and O–H groups in total. The van der Waals surface area contributed by atoms with E-state index >= 15 is 0 Å². The average Bonchev–Trinajstić information content (AvgIpc) is 2.41. The molecule has 0 spiro atoms. The maximum Gasteiger partial charge on any atom is 0.128 e. The summed E-state index contributed by atoms with van der Waals surface area (Å²) in [5.41, 5.74) is 0.914. The van der Waals surface area contributed by atoms with E-state index in [1.807, 2.05) is 0 Å². The molecule has 4 fully saturated rings. The first-order valence-corrected chi connectivity index (χ1v) is 9.04. The van der Waals surface area contributed by atoms with E-state index in [2.05, 4.69) is 15.9 Å². The van der Waals surface area contributed by atoms with Gasteiger partial charge in [0.15, 0.2) is 0 Å². The van der Waals surface area contributed by atoms with E-state index in [-0.39, 0.29) is 16.5 Å². The van der Waals surface area contributed by atoms with Gasteiger partial charge in [0.1, 0.15) is 11.6 Å². The summed E-state index contributed by atoms with van der Waals surface area (Å²) >= 11 is 3.74. The topological polar surface area (TPSA) is 0 Å². The second-order valence-electron chi connectivity index (χ2n) is 7.53. The van der Waals surface area contributed by atoms with Gasteiger partial charge in [0.05, 0.1) is 0 Å². The van der Waals surface area contributed by atoms with Gasteiger partial charge in [0.25, 0.3) is 0 Å². The van der Waals surface area contributed by atoms with Gasteiger partial charge in [0, 0.05) is 10.4 Å². The molecule has 0 nitrogen and oxygen atoms in total. The Kier molecular flexibility index (Phi) is 3.40. The third kappa shape index (κ3) is 2.27. The molecule has 1 unspecified atom stereocenters. The third-order valence-corrected chi connectivity index (χ3v) is 7.32. The summed E-state index contributed by atoms with van der Waals surface area (Å²) in [6.45, 7) is 1.62. The van der Waals surface area contributed by atoms with Crippen LogP contribution >= 0.6 is 15.9 Å². The molecule has 1 aromatic carbocycles. The lowest BCUT2D eigenvalue weighted by atomic mass is 9.51. The first kappa shape index (κ1) is 14.2. The van der Waals surface area contributed by atoms with Gasteiger partial charge in [0.2, 0.25) is 0 Å². The maximum absolute atomic E-state index is 14.3. The van der Waals surface area contributed by atoms with Crippen LogP contribution in [0.15, 0.2) is 12.1 Å². The van der Waals surface area contributed by atoms with Crippen LogP contribution in [0.2, 0.25) is 0 Å². The number of aryl methyl sites for hydroxylation is 1. The highest BCUT2D eigenvalue weighted by atomic mass is 79.9. The van der Waals surface area contributed by atoms with E-state index in [0.29, 0.717) is 28.9 Å². The number of halogens is 3. The third-order valence-electron chi connectivity index (χ3n) is 6.21. The zero-order valence-electron chi connectivity index (χ0n) is 12.3. The highest BCUT2D eigenvalue weighted by Crippen LogP contribution is 2.61. The summed E-state index contributed by atoms with van der Waals surface area (Å²) in [6, 6.07) is 2.75. The van der Waals surface area contributed by atoms with Crippen molar-refractivity contribution >= 4 is 15.9 Å². The first-order valence-electron chi connectivity index (χ1n) is 8.12. The zero-order chi connectivity index (χ0) is 14.7. The van der Waals surface area contributed by atoms with Crippen LogP contribution in [-0.2, 0) is 0 Å². The molecular weight excluding hydrogens is 334 g/mol. The minimum Gasteiger partial charge on any atom is -0.207 e. The van der Waals surface area contributed by atoms with E-state index in [1.54, 1.807) is 6.92 Å². The molecule has 4 aliphatic rings. The van der Waals surface area contributed by atoms with Crippen LogP contribution in [0.1, 0.15) is 48.1 Å². The van der Waals surface area contributed by atoms with E-state index < -0.39 is 0 Å². The van der Waals surface area contributed by atoms with Gasteiger partial charge in [-0.15, -0.1) is 0 Å². The fourth-order valence-corrected chi connectivity index (χ4v) is 6.74. The van der Waals surface area contributed by atoms with Crippen LogP contribution in [0.4, 0.5) is 8.78 Å². The first-order chi connectivity index (χ1) is 10.0. The van der Waals surface area contributed by atoms with E-state index in [0.717, 1.165) is 11.8 Å². The Labute approximate surface area is 133 Å². The summed E-state index contributed by atoms with van der Waals surface area (Å²) in [5.74, 6) is 3.15. The van der Waals surface area contributed by atoms with Gasteiger partial charge >= 0.3 is 0 Å². The van der Waals surface area contributed by atoms with Crippen LogP contribution in [-0.4, -0.2) is 0 Å². The molecule has 0 saturated heterocycles. The van der Waals surface area contributed by atoms with Crippen molar-refractivity contribution in [3.8, 4) is 0 Å². The molecule has 0 aromatic heterocycles. The molecule has 0 heterocycles. The van der Waals surface area contributed by atoms with E-state index in [9.17, 15) is 8.78 Å². The van der Waals surface area contributed by atoms with Crippen LogP contribution < -0.4 is 0 Å². The Hall–Kier alpha value is -0.440. The largest absolute Gasteiger partial charge is 0.207 e. The Morgan fingerprint density at radius 2 is 1.52 bits per heavy atom. The Morgan fingerprint density at radius 3 is 2.10 bits per heavy atom. The molecule has 21 heavy (non-hydrogen) atoms. The standard InChI is InChI=1S/C18H21BrF2/c1-9-2-16(21)14(8-15(9)20)18(19)17-12-4-10-3-11(6-12)7-13(17)5-10/h2,8,10-13,17-18H,3-7H2,1H3. The fourth-order valence-electron chi connectivity index (χ4n) is 5.53. The lowest BCUT2D eigenvalue weighted by Gasteiger charge is -2.55. The van der Waals surface area contributed by atoms with Gasteiger partial charge in [-0.3, -0.25) is 0 Å². The summed E-state index contributed by atoms with van der Waals surface area (Å²) < 4.78 is 28.2. The summed E-state index contributed by atoms with van der Waals surface area (Å²) in [7, 11) is 0. The number of alkyl halides is 1. The SMILES string of the molecule is Cc1cc(F)c(C(Br)C2C3CC4CC(C3)CC2C4)cc1F. The van der Waals surface area contributed by atoms with Crippen molar-refractivity contribution in [3.63, 3.8) is 0 Å². The van der Waals surface area contributed by atoms with Gasteiger partial charge in [-0.25, -0.2) is 8.78 Å². The quantitative estimate of drug-likeness (QED) is 0.590. The molecule has 1 aromatic rings. The second kappa shape index (κ2) is 5.04. The predicted octanol–water partition coefficient (Wildman–Crippen LogP) is 5.78. The van der Waals surface area contributed by atoms with Crippen molar-refractivity contribution in [1.29, 1.82) is 0 Å². The second-order valence-corrected chi connectivity index (χ2v) is 8.52. The lowest BCUT2D eigenvalue weighted by Crippen LogP contribution is -2.46. The van der Waals surface area contributed by atoms with Crippen molar-refractivity contribution in [2.75, 3.05) is 0 Å². The maximum atomic E-state index is 14.3. The number of benzene rings is 1. The fraction of sp³-hybridized carbons (Fsp3) is 0.667. The van der Waals surface area contributed by atoms with E-state index in [1.165, 1.54) is 44.2 Å². The highest BCUT2D eigenvalue weighted by molar-refractivity contribution is 9.09. The monoisotopic (exact) mass is 354 g/mol. The summed E-state index contributed by atoms with van der Waals surface area (Å²) in [5, 5.41) is 0.